The molecule has 278 valence electrons. The number of allylic oxidation sites excluding steroid dienone is 8. The third-order valence-corrected chi connectivity index (χ3v) is 11.4. The summed E-state index contributed by atoms with van der Waals surface area (Å²) < 4.78 is 0. The van der Waals surface area contributed by atoms with Crippen molar-refractivity contribution in [2.45, 2.75) is 27.7 Å². The van der Waals surface area contributed by atoms with Gasteiger partial charge in [0.05, 0.1) is 0 Å². The third-order valence-electron chi connectivity index (χ3n) is 11.4. The van der Waals surface area contributed by atoms with Crippen LogP contribution < -0.4 is 0 Å². The molecular weight excluding hydrogens is 705 g/mol. The number of aryl methyl sites for hydroxylation is 4. The fourth-order valence-electron chi connectivity index (χ4n) is 8.35. The van der Waals surface area contributed by atoms with Gasteiger partial charge in [-0.25, -0.2) is 0 Å². The van der Waals surface area contributed by atoms with Crippen molar-refractivity contribution in [3.8, 4) is 0 Å². The molecule has 0 fully saturated rings. The van der Waals surface area contributed by atoms with E-state index >= 15 is 9.59 Å². The van der Waals surface area contributed by atoms with Crippen LogP contribution in [0.1, 0.15) is 66.8 Å². The van der Waals surface area contributed by atoms with Crippen LogP contribution in [0.5, 0.6) is 0 Å². The zero-order valence-electron chi connectivity index (χ0n) is 33.1. The zero-order chi connectivity index (χ0) is 39.9. The van der Waals surface area contributed by atoms with Crippen molar-refractivity contribution in [1.29, 1.82) is 0 Å². The molecule has 2 nitrogen and oxygen atoms in total. The topological polar surface area (TPSA) is 34.1 Å². The van der Waals surface area contributed by atoms with E-state index in [0.29, 0.717) is 22.3 Å². The van der Waals surface area contributed by atoms with Gasteiger partial charge in [0, 0.05) is 44.6 Å². The summed E-state index contributed by atoms with van der Waals surface area (Å²) in [5, 5.41) is 0. The normalized spacial score (nSPS) is 14.3. The van der Waals surface area contributed by atoms with E-state index in [1.807, 2.05) is 36.4 Å². The summed E-state index contributed by atoms with van der Waals surface area (Å²) in [6, 6.07) is 62.1. The summed E-state index contributed by atoms with van der Waals surface area (Å²) >= 11 is 0. The van der Waals surface area contributed by atoms with Gasteiger partial charge < -0.3 is 0 Å². The highest BCUT2D eigenvalue weighted by Crippen LogP contribution is 2.52. The first-order valence-electron chi connectivity index (χ1n) is 19.8. The largest absolute Gasteiger partial charge is 0.289 e. The number of carbonyl (C=O) groups excluding carboxylic acids is 2. The standard InChI is InChI=1S/C56H42O2/c1-35-15-23-43(24-16-35)51-47(39-11-7-5-8-12-39)49(53(55(51)57)45-27-19-37(3)20-28-45)41-31-33-42(34-32-41)50-48(40-13-9-6-10-14-40)52(44-25-17-36(2)18-26-44)56(58)54(50)46-29-21-38(4)22-30-46/h5-34H,1-4H3. The Hall–Kier alpha value is -7.16. The molecular formula is C56H42O2. The molecule has 0 spiro atoms. The van der Waals surface area contributed by atoms with Gasteiger partial charge in [-0.15, -0.1) is 0 Å². The number of carbonyl (C=O) groups is 2. The molecule has 2 heteroatoms. The van der Waals surface area contributed by atoms with Crippen molar-refractivity contribution < 1.29 is 9.59 Å². The Morgan fingerprint density at radius 2 is 0.379 bits per heavy atom. The Balaban J connectivity index is 1.30. The molecule has 7 aromatic carbocycles. The lowest BCUT2D eigenvalue weighted by atomic mass is 9.86. The van der Waals surface area contributed by atoms with Crippen molar-refractivity contribution in [1.82, 2.24) is 0 Å². The monoisotopic (exact) mass is 746 g/mol. The fraction of sp³-hybridized carbons (Fsp3) is 0.0714. The van der Waals surface area contributed by atoms with Crippen molar-refractivity contribution in [2.24, 2.45) is 0 Å². The maximum absolute atomic E-state index is 15.0. The van der Waals surface area contributed by atoms with Gasteiger partial charge in [-0.2, -0.15) is 0 Å². The van der Waals surface area contributed by atoms with E-state index in [9.17, 15) is 0 Å². The summed E-state index contributed by atoms with van der Waals surface area (Å²) in [7, 11) is 0. The maximum atomic E-state index is 15.0. The quantitative estimate of drug-likeness (QED) is 0.155. The van der Waals surface area contributed by atoms with E-state index in [4.69, 9.17) is 0 Å². The van der Waals surface area contributed by atoms with Crippen LogP contribution >= 0.6 is 0 Å². The molecule has 0 amide bonds. The Kier molecular flexibility index (Phi) is 9.47. The van der Waals surface area contributed by atoms with Crippen molar-refractivity contribution in [3.05, 3.63) is 249 Å². The van der Waals surface area contributed by atoms with Crippen molar-refractivity contribution in [3.63, 3.8) is 0 Å². The van der Waals surface area contributed by atoms with E-state index in [2.05, 4.69) is 173 Å². The molecule has 7 aromatic rings. The zero-order valence-corrected chi connectivity index (χ0v) is 33.1. The molecule has 0 saturated carbocycles. The summed E-state index contributed by atoms with van der Waals surface area (Å²) in [4.78, 5) is 30.0. The van der Waals surface area contributed by atoms with Crippen LogP contribution in [0.25, 0.3) is 44.6 Å². The Morgan fingerprint density at radius 1 is 0.207 bits per heavy atom. The van der Waals surface area contributed by atoms with Crippen LogP contribution in [-0.2, 0) is 9.59 Å². The highest BCUT2D eigenvalue weighted by Gasteiger charge is 2.37. The SMILES string of the molecule is Cc1ccc(C2=C(c3ccccc3)C(c3ccc(C4=C(c5ccc(C)cc5)C(=O)C(c5ccc(C)cc5)=C4c4ccccc4)cc3)=C(c3ccc(C)cc3)C2=O)cc1. The van der Waals surface area contributed by atoms with Crippen molar-refractivity contribution in [2.75, 3.05) is 0 Å². The number of ketones is 2. The number of rotatable bonds is 8. The van der Waals surface area contributed by atoms with Crippen LogP contribution in [0.4, 0.5) is 0 Å². The van der Waals surface area contributed by atoms with Gasteiger partial charge in [0.1, 0.15) is 0 Å². The predicted octanol–water partition coefficient (Wildman–Crippen LogP) is 13.1. The first-order chi connectivity index (χ1) is 28.3. The minimum atomic E-state index is 0.00780. The summed E-state index contributed by atoms with van der Waals surface area (Å²) in [6.45, 7) is 8.26. The lowest BCUT2D eigenvalue weighted by Gasteiger charge is -2.16. The lowest BCUT2D eigenvalue weighted by molar-refractivity contribution is -0.109. The molecule has 0 N–H and O–H groups in total. The molecule has 0 saturated heterocycles. The molecule has 0 atom stereocenters. The van der Waals surface area contributed by atoms with Crippen LogP contribution in [-0.4, -0.2) is 11.6 Å². The fourth-order valence-corrected chi connectivity index (χ4v) is 8.35. The first-order valence-corrected chi connectivity index (χ1v) is 19.8. The second-order valence-corrected chi connectivity index (χ2v) is 15.4. The van der Waals surface area contributed by atoms with Crippen LogP contribution in [0.15, 0.2) is 182 Å². The Bertz CT molecular complexity index is 2650. The van der Waals surface area contributed by atoms with Gasteiger partial charge in [0.25, 0.3) is 0 Å². The van der Waals surface area contributed by atoms with E-state index in [1.54, 1.807) is 0 Å². The summed E-state index contributed by atoms with van der Waals surface area (Å²) in [5.41, 5.74) is 18.3. The molecule has 0 bridgehead atoms. The molecule has 0 heterocycles. The smallest absolute Gasteiger partial charge is 0.195 e. The van der Waals surface area contributed by atoms with Gasteiger partial charge in [-0.3, -0.25) is 9.59 Å². The van der Waals surface area contributed by atoms with Gasteiger partial charge in [0.2, 0.25) is 0 Å². The molecule has 58 heavy (non-hydrogen) atoms. The predicted molar refractivity (Wildman–Crippen MR) is 241 cm³/mol. The van der Waals surface area contributed by atoms with Gasteiger partial charge in [0.15, 0.2) is 11.6 Å². The number of hydrogen-bond donors (Lipinski definition) is 0. The van der Waals surface area contributed by atoms with Gasteiger partial charge in [-0.1, -0.05) is 204 Å². The van der Waals surface area contributed by atoms with Gasteiger partial charge in [-0.05, 0) is 72.2 Å². The Labute approximate surface area is 340 Å². The van der Waals surface area contributed by atoms with E-state index in [0.717, 1.165) is 89.1 Å². The van der Waals surface area contributed by atoms with Crippen LogP contribution in [0, 0.1) is 27.7 Å². The van der Waals surface area contributed by atoms with E-state index in [-0.39, 0.29) is 11.6 Å². The summed E-state index contributed by atoms with van der Waals surface area (Å²) in [6.07, 6.45) is 0. The Morgan fingerprint density at radius 3 is 0.603 bits per heavy atom. The van der Waals surface area contributed by atoms with Crippen LogP contribution in [0.3, 0.4) is 0 Å². The summed E-state index contributed by atoms with van der Waals surface area (Å²) in [5.74, 6) is 0.0156. The van der Waals surface area contributed by atoms with Crippen molar-refractivity contribution >= 4 is 56.2 Å². The minimum Gasteiger partial charge on any atom is -0.289 e. The highest BCUT2D eigenvalue weighted by atomic mass is 16.1. The molecule has 0 radical (unpaired) electrons. The number of Topliss-reactive ketones (excluding diaryl/α,β-unsaturated/α-hetero) is 2. The first kappa shape index (κ1) is 36.5. The molecule has 2 aliphatic carbocycles. The average molecular weight is 747 g/mol. The second-order valence-electron chi connectivity index (χ2n) is 15.4. The second kappa shape index (κ2) is 15.1. The molecule has 0 unspecified atom stereocenters. The maximum Gasteiger partial charge on any atom is 0.195 e. The van der Waals surface area contributed by atoms with E-state index in [1.165, 1.54) is 0 Å². The third kappa shape index (κ3) is 6.53. The highest BCUT2D eigenvalue weighted by molar-refractivity contribution is 6.60. The molecule has 0 aromatic heterocycles. The number of benzene rings is 7. The number of hydrogen-bond acceptors (Lipinski definition) is 2. The molecule has 2 aliphatic rings. The molecule has 0 aliphatic heterocycles. The average Bonchev–Trinajstić information content (AvgIpc) is 3.73. The lowest BCUT2D eigenvalue weighted by Crippen LogP contribution is -2.02. The van der Waals surface area contributed by atoms with Crippen LogP contribution in [0.2, 0.25) is 0 Å². The minimum absolute atomic E-state index is 0.00780. The van der Waals surface area contributed by atoms with E-state index < -0.39 is 0 Å². The van der Waals surface area contributed by atoms with Gasteiger partial charge >= 0.3 is 0 Å². The molecule has 9 rings (SSSR count).